The van der Waals surface area contributed by atoms with Gasteiger partial charge in [0.15, 0.2) is 0 Å². The second-order valence-corrected chi connectivity index (χ2v) is 7.67. The monoisotopic (exact) mass is 426 g/mol. The van der Waals surface area contributed by atoms with Gasteiger partial charge in [0.2, 0.25) is 0 Å². The van der Waals surface area contributed by atoms with E-state index >= 15 is 0 Å². The van der Waals surface area contributed by atoms with E-state index in [4.69, 9.17) is 0 Å². The third-order valence-corrected chi connectivity index (χ3v) is 6.49. The molecule has 0 bridgehead atoms. The number of nitrogens with one attached hydrogen (secondary N) is 1. The van der Waals surface area contributed by atoms with Crippen LogP contribution in [0.2, 0.25) is 0 Å². The van der Waals surface area contributed by atoms with Crippen molar-refractivity contribution in [3.05, 3.63) is 54.8 Å². The number of thiophene rings is 1. The zero-order valence-corrected chi connectivity index (χ0v) is 15.5. The predicted molar refractivity (Wildman–Crippen MR) is 99.5 cm³/mol. The van der Waals surface area contributed by atoms with Crippen LogP contribution in [0.15, 0.2) is 29.6 Å². The molecule has 0 saturated carbocycles. The van der Waals surface area contributed by atoms with Crippen molar-refractivity contribution in [1.29, 1.82) is 0 Å². The molecular weight excluding hydrogens is 407 g/mol. The second-order valence-electron chi connectivity index (χ2n) is 5.59. The third kappa shape index (κ3) is 3.52. The van der Waals surface area contributed by atoms with E-state index in [-0.39, 0.29) is 5.91 Å². The molecule has 0 fully saturated rings. The molecule has 0 saturated heterocycles. The van der Waals surface area contributed by atoms with Crippen LogP contribution in [0, 0.1) is 10.5 Å². The van der Waals surface area contributed by atoms with E-state index in [9.17, 15) is 4.79 Å². The van der Waals surface area contributed by atoms with Crippen molar-refractivity contribution in [2.24, 2.45) is 0 Å². The van der Waals surface area contributed by atoms with E-state index in [1.807, 2.05) is 36.5 Å². The predicted octanol–water partition coefficient (Wildman–Crippen LogP) is 3.45. The number of amides is 1. The first kappa shape index (κ1) is 16.0. The van der Waals surface area contributed by atoms with E-state index in [1.54, 1.807) is 0 Å². The van der Waals surface area contributed by atoms with Crippen LogP contribution in [0.25, 0.3) is 0 Å². The minimum absolute atomic E-state index is 0.0290. The molecule has 0 atom stereocenters. The summed E-state index contributed by atoms with van der Waals surface area (Å²) in [6, 6.07) is 8.09. The molecule has 2 aromatic rings. The Morgan fingerprint density at radius 2 is 2.27 bits per heavy atom. The lowest BCUT2D eigenvalue weighted by Gasteiger charge is -2.26. The number of fused-ring (bicyclic) bond motifs is 1. The molecule has 3 nitrogen and oxygen atoms in total. The number of benzene rings is 1. The number of halogens is 1. The lowest BCUT2D eigenvalue weighted by Crippen LogP contribution is -2.37. The average Bonchev–Trinajstić information content (AvgIpc) is 2.97. The van der Waals surface area contributed by atoms with Gasteiger partial charge >= 0.3 is 0 Å². The second kappa shape index (κ2) is 7.10. The minimum atomic E-state index is 0.0290. The molecule has 0 spiro atoms. The number of nitrogens with zero attached hydrogens (tertiary/aromatic N) is 1. The third-order valence-electron chi connectivity index (χ3n) is 4.04. The summed E-state index contributed by atoms with van der Waals surface area (Å²) in [7, 11) is 0. The Kier molecular flexibility index (Phi) is 5.15. The van der Waals surface area contributed by atoms with Gasteiger partial charge in [-0.2, -0.15) is 0 Å². The van der Waals surface area contributed by atoms with Gasteiger partial charge in [-0.25, -0.2) is 0 Å². The summed E-state index contributed by atoms with van der Waals surface area (Å²) >= 11 is 4.10. The van der Waals surface area contributed by atoms with Crippen molar-refractivity contribution in [3.63, 3.8) is 0 Å². The summed E-state index contributed by atoms with van der Waals surface area (Å²) in [5, 5.41) is 5.23. The molecule has 0 unspecified atom stereocenters. The van der Waals surface area contributed by atoms with E-state index in [0.29, 0.717) is 6.54 Å². The summed E-state index contributed by atoms with van der Waals surface area (Å²) in [5.74, 6) is 0.0290. The van der Waals surface area contributed by atoms with Crippen LogP contribution in [0.5, 0.6) is 0 Å². The van der Waals surface area contributed by atoms with Gasteiger partial charge in [0.05, 0.1) is 5.56 Å². The van der Waals surface area contributed by atoms with E-state index in [2.05, 4.69) is 44.3 Å². The molecule has 1 amide bonds. The first-order chi connectivity index (χ1) is 10.6. The quantitative estimate of drug-likeness (QED) is 0.760. The van der Waals surface area contributed by atoms with Crippen LogP contribution >= 0.6 is 33.9 Å². The Bertz CT molecular complexity index is 683. The van der Waals surface area contributed by atoms with E-state index in [1.165, 1.54) is 10.4 Å². The maximum atomic E-state index is 12.3. The molecule has 0 radical (unpaired) electrons. The largest absolute Gasteiger partial charge is 0.351 e. The highest BCUT2D eigenvalue weighted by atomic mass is 127. The zero-order valence-electron chi connectivity index (χ0n) is 12.6. The Balaban J connectivity index is 1.51. The molecule has 0 aliphatic carbocycles. The summed E-state index contributed by atoms with van der Waals surface area (Å²) in [6.45, 7) is 5.73. The average molecular weight is 426 g/mol. The molecule has 1 aliphatic heterocycles. The lowest BCUT2D eigenvalue weighted by molar-refractivity contribution is 0.0946. The van der Waals surface area contributed by atoms with Crippen LogP contribution in [-0.2, 0) is 13.0 Å². The molecular formula is C17H19IN2OS. The van der Waals surface area contributed by atoms with Gasteiger partial charge in [-0.1, -0.05) is 12.1 Å². The highest BCUT2D eigenvalue weighted by Crippen LogP contribution is 2.23. The Labute approximate surface area is 148 Å². The number of carbonyl (C=O) groups is 1. The molecule has 1 N–H and O–H groups in total. The van der Waals surface area contributed by atoms with Crippen LogP contribution in [0.4, 0.5) is 0 Å². The fourth-order valence-corrected chi connectivity index (χ4v) is 4.24. The fraction of sp³-hybridized carbons (Fsp3) is 0.353. The van der Waals surface area contributed by atoms with Gasteiger partial charge in [0.25, 0.3) is 5.91 Å². The van der Waals surface area contributed by atoms with Crippen molar-refractivity contribution < 1.29 is 4.79 Å². The zero-order chi connectivity index (χ0) is 15.5. The molecule has 5 heteroatoms. The molecule has 1 aromatic heterocycles. The first-order valence-corrected chi connectivity index (χ1v) is 9.42. The van der Waals surface area contributed by atoms with Gasteiger partial charge < -0.3 is 5.32 Å². The van der Waals surface area contributed by atoms with E-state index < -0.39 is 0 Å². The maximum absolute atomic E-state index is 12.3. The Morgan fingerprint density at radius 1 is 1.41 bits per heavy atom. The van der Waals surface area contributed by atoms with Gasteiger partial charge in [0, 0.05) is 34.6 Å². The minimum Gasteiger partial charge on any atom is -0.351 e. The van der Waals surface area contributed by atoms with Crippen LogP contribution < -0.4 is 5.32 Å². The number of carbonyl (C=O) groups excluding carboxylic acids is 1. The van der Waals surface area contributed by atoms with Crippen molar-refractivity contribution in [1.82, 2.24) is 10.2 Å². The first-order valence-electron chi connectivity index (χ1n) is 7.46. The van der Waals surface area contributed by atoms with Gasteiger partial charge in [-0.05, 0) is 64.6 Å². The van der Waals surface area contributed by atoms with Gasteiger partial charge in [0.1, 0.15) is 0 Å². The molecule has 22 heavy (non-hydrogen) atoms. The Morgan fingerprint density at radius 3 is 3.14 bits per heavy atom. The standard InChI is InChI=1S/C17H19IN2OS/c1-12-3-2-4-14(16(12)18)17(21)19-7-9-20-8-5-15-13(11-20)6-10-22-15/h2-4,6,10H,5,7-9,11H2,1H3,(H,19,21). The smallest absolute Gasteiger partial charge is 0.252 e. The topological polar surface area (TPSA) is 32.3 Å². The normalized spacial score (nSPS) is 14.6. The van der Waals surface area contributed by atoms with Crippen molar-refractivity contribution >= 4 is 39.8 Å². The SMILES string of the molecule is Cc1cccc(C(=O)NCCN2CCc3sccc3C2)c1I. The highest BCUT2D eigenvalue weighted by molar-refractivity contribution is 14.1. The van der Waals surface area contributed by atoms with Crippen LogP contribution in [0.1, 0.15) is 26.4 Å². The van der Waals surface area contributed by atoms with Crippen LogP contribution in [0.3, 0.4) is 0 Å². The molecule has 1 aromatic carbocycles. The summed E-state index contributed by atoms with van der Waals surface area (Å²) in [6.07, 6.45) is 1.14. The lowest BCUT2D eigenvalue weighted by atomic mass is 10.1. The highest BCUT2D eigenvalue weighted by Gasteiger charge is 2.17. The van der Waals surface area contributed by atoms with Crippen LogP contribution in [-0.4, -0.2) is 30.4 Å². The summed E-state index contributed by atoms with van der Waals surface area (Å²) in [5.41, 5.74) is 3.38. The molecule has 116 valence electrons. The van der Waals surface area contributed by atoms with Crippen molar-refractivity contribution in [3.8, 4) is 0 Å². The van der Waals surface area contributed by atoms with Crippen molar-refractivity contribution in [2.75, 3.05) is 19.6 Å². The van der Waals surface area contributed by atoms with Gasteiger partial charge in [-0.15, -0.1) is 11.3 Å². The maximum Gasteiger partial charge on any atom is 0.252 e. The summed E-state index contributed by atoms with van der Waals surface area (Å²) < 4.78 is 1.04. The number of rotatable bonds is 4. The van der Waals surface area contributed by atoms with Crippen molar-refractivity contribution in [2.45, 2.75) is 19.9 Å². The van der Waals surface area contributed by atoms with Gasteiger partial charge in [-0.3, -0.25) is 9.69 Å². The molecule has 1 aliphatic rings. The summed E-state index contributed by atoms with van der Waals surface area (Å²) in [4.78, 5) is 16.2. The number of aryl methyl sites for hydroxylation is 1. The molecule has 2 heterocycles. The molecule has 3 rings (SSSR count). The number of hydrogen-bond donors (Lipinski definition) is 1. The number of hydrogen-bond acceptors (Lipinski definition) is 3. The fourth-order valence-electron chi connectivity index (χ4n) is 2.74. The Hall–Kier alpha value is -0.920. The van der Waals surface area contributed by atoms with E-state index in [0.717, 1.165) is 40.8 Å².